The molecule has 6 nitrogen and oxygen atoms in total. The molecule has 21 heavy (non-hydrogen) atoms. The fraction of sp³-hybridized carbons (Fsp3) is 0.867. The summed E-state index contributed by atoms with van der Waals surface area (Å²) in [5.74, 6) is -0.440. The molecule has 0 radical (unpaired) electrons. The lowest BCUT2D eigenvalue weighted by atomic mass is 9.84. The Morgan fingerprint density at radius 3 is 2.52 bits per heavy atom. The average molecular weight is 298 g/mol. The first-order valence-corrected chi connectivity index (χ1v) is 7.72. The lowest BCUT2D eigenvalue weighted by Crippen LogP contribution is -2.53. The molecule has 2 saturated carbocycles. The highest BCUT2D eigenvalue weighted by atomic mass is 16.5. The third kappa shape index (κ3) is 3.48. The highest BCUT2D eigenvalue weighted by Crippen LogP contribution is 2.48. The maximum absolute atomic E-state index is 12.2. The van der Waals surface area contributed by atoms with E-state index in [-0.39, 0.29) is 30.0 Å². The van der Waals surface area contributed by atoms with Gasteiger partial charge in [0.1, 0.15) is 0 Å². The predicted molar refractivity (Wildman–Crippen MR) is 77.9 cm³/mol. The van der Waals surface area contributed by atoms with Gasteiger partial charge in [-0.2, -0.15) is 0 Å². The molecular weight excluding hydrogens is 272 g/mol. The van der Waals surface area contributed by atoms with Gasteiger partial charge in [-0.1, -0.05) is 13.8 Å². The second-order valence-corrected chi connectivity index (χ2v) is 6.65. The van der Waals surface area contributed by atoms with Crippen molar-refractivity contribution in [3.63, 3.8) is 0 Å². The van der Waals surface area contributed by atoms with Crippen molar-refractivity contribution < 1.29 is 19.4 Å². The van der Waals surface area contributed by atoms with E-state index < -0.39 is 11.9 Å². The number of ether oxygens (including phenoxy) is 1. The molecule has 0 aromatic carbocycles. The number of rotatable bonds is 6. The van der Waals surface area contributed by atoms with Gasteiger partial charge >= 0.3 is 12.0 Å². The quantitative estimate of drug-likeness (QED) is 0.692. The molecule has 0 heterocycles. The molecule has 2 rings (SSSR count). The first-order valence-electron chi connectivity index (χ1n) is 7.72. The summed E-state index contributed by atoms with van der Waals surface area (Å²) in [5.41, 5.74) is 0. The van der Waals surface area contributed by atoms with Crippen LogP contribution in [0.2, 0.25) is 0 Å². The van der Waals surface area contributed by atoms with Crippen LogP contribution < -0.4 is 10.6 Å². The highest BCUT2D eigenvalue weighted by Gasteiger charge is 2.51. The summed E-state index contributed by atoms with van der Waals surface area (Å²) in [6.45, 7) is 4.48. The van der Waals surface area contributed by atoms with Crippen molar-refractivity contribution in [3.05, 3.63) is 0 Å². The Morgan fingerprint density at radius 2 is 1.95 bits per heavy atom. The molecule has 2 amide bonds. The van der Waals surface area contributed by atoms with E-state index in [9.17, 15) is 14.7 Å². The molecule has 6 heteroatoms. The number of urea groups is 1. The van der Waals surface area contributed by atoms with Gasteiger partial charge in [-0.15, -0.1) is 0 Å². The molecule has 2 aliphatic carbocycles. The fourth-order valence-corrected chi connectivity index (χ4v) is 3.80. The van der Waals surface area contributed by atoms with Crippen LogP contribution in [0.4, 0.5) is 4.79 Å². The Hall–Kier alpha value is -1.30. The van der Waals surface area contributed by atoms with E-state index in [0.717, 1.165) is 19.3 Å². The Morgan fingerprint density at radius 1 is 1.29 bits per heavy atom. The van der Waals surface area contributed by atoms with Gasteiger partial charge in [0.25, 0.3) is 0 Å². The summed E-state index contributed by atoms with van der Waals surface area (Å²) >= 11 is 0. The van der Waals surface area contributed by atoms with Gasteiger partial charge in [-0.25, -0.2) is 4.79 Å². The molecule has 0 spiro atoms. The molecule has 2 fully saturated rings. The Bertz CT molecular complexity index is 399. The van der Waals surface area contributed by atoms with Crippen LogP contribution in [0.3, 0.4) is 0 Å². The zero-order valence-corrected chi connectivity index (χ0v) is 13.0. The molecule has 2 aliphatic rings. The number of hydrogen-bond acceptors (Lipinski definition) is 3. The minimum atomic E-state index is -0.787. The summed E-state index contributed by atoms with van der Waals surface area (Å²) in [6, 6.07) is -0.594. The van der Waals surface area contributed by atoms with Crippen LogP contribution >= 0.6 is 0 Å². The number of carboxylic acids is 1. The van der Waals surface area contributed by atoms with Crippen LogP contribution in [-0.2, 0) is 9.53 Å². The normalized spacial score (nSPS) is 32.2. The summed E-state index contributed by atoms with van der Waals surface area (Å²) in [7, 11) is 1.60. The van der Waals surface area contributed by atoms with Gasteiger partial charge in [0.05, 0.1) is 18.6 Å². The van der Waals surface area contributed by atoms with Crippen molar-refractivity contribution in [2.75, 3.05) is 13.7 Å². The average Bonchev–Trinajstić information content (AvgIpc) is 2.98. The van der Waals surface area contributed by atoms with E-state index >= 15 is 0 Å². The van der Waals surface area contributed by atoms with Crippen molar-refractivity contribution in [1.29, 1.82) is 0 Å². The topological polar surface area (TPSA) is 87.7 Å². The number of hydrogen-bond donors (Lipinski definition) is 3. The van der Waals surface area contributed by atoms with E-state index in [2.05, 4.69) is 10.6 Å². The number of carbonyl (C=O) groups excluding carboxylic acids is 1. The lowest BCUT2D eigenvalue weighted by Gasteiger charge is -2.30. The molecule has 0 aromatic rings. The summed E-state index contributed by atoms with van der Waals surface area (Å²) in [6.07, 6.45) is 2.92. The molecule has 0 aliphatic heterocycles. The van der Waals surface area contributed by atoms with E-state index in [1.807, 2.05) is 13.8 Å². The van der Waals surface area contributed by atoms with E-state index in [0.29, 0.717) is 12.5 Å². The van der Waals surface area contributed by atoms with Gasteiger partial charge in [0.15, 0.2) is 0 Å². The van der Waals surface area contributed by atoms with Crippen LogP contribution in [-0.4, -0.2) is 42.9 Å². The highest BCUT2D eigenvalue weighted by molar-refractivity contribution is 5.77. The van der Waals surface area contributed by atoms with Gasteiger partial charge < -0.3 is 20.5 Å². The Balaban J connectivity index is 1.94. The van der Waals surface area contributed by atoms with Gasteiger partial charge in [-0.05, 0) is 37.0 Å². The molecule has 2 bridgehead atoms. The number of aliphatic carboxylic acids is 1. The van der Waals surface area contributed by atoms with Crippen molar-refractivity contribution in [2.24, 2.45) is 23.7 Å². The molecule has 120 valence electrons. The lowest BCUT2D eigenvalue weighted by molar-refractivity contribution is -0.144. The molecule has 0 saturated heterocycles. The van der Waals surface area contributed by atoms with Gasteiger partial charge in [-0.3, -0.25) is 4.79 Å². The van der Waals surface area contributed by atoms with Crippen molar-refractivity contribution in [1.82, 2.24) is 10.6 Å². The van der Waals surface area contributed by atoms with Crippen LogP contribution in [0.1, 0.15) is 33.1 Å². The number of carbonyl (C=O) groups is 2. The largest absolute Gasteiger partial charge is 0.481 e. The second-order valence-electron chi connectivity index (χ2n) is 6.65. The van der Waals surface area contributed by atoms with E-state index in [1.54, 1.807) is 7.11 Å². The van der Waals surface area contributed by atoms with Gasteiger partial charge in [0, 0.05) is 13.2 Å². The molecule has 5 unspecified atom stereocenters. The zero-order valence-electron chi connectivity index (χ0n) is 13.0. The van der Waals surface area contributed by atoms with Crippen LogP contribution in [0, 0.1) is 23.7 Å². The monoisotopic (exact) mass is 298 g/mol. The second kappa shape index (κ2) is 6.64. The fourth-order valence-electron chi connectivity index (χ4n) is 3.80. The van der Waals surface area contributed by atoms with Crippen molar-refractivity contribution in [3.8, 4) is 0 Å². The standard InChI is InChI=1S/C15H26N2O4/c1-8(2)11(7-21-3)16-15(20)17-13-10-5-4-9(6-10)12(13)14(18)19/h8-13H,4-7H2,1-3H3,(H,18,19)(H2,16,17,20). The maximum atomic E-state index is 12.2. The SMILES string of the molecule is COCC(NC(=O)NC1C2CCC(C2)C1C(=O)O)C(C)C. The first kappa shape index (κ1) is 16.1. The third-order valence-corrected chi connectivity index (χ3v) is 4.97. The van der Waals surface area contributed by atoms with Crippen LogP contribution in [0.15, 0.2) is 0 Å². The number of nitrogens with one attached hydrogen (secondary N) is 2. The van der Waals surface area contributed by atoms with Crippen LogP contribution in [0.25, 0.3) is 0 Å². The predicted octanol–water partition coefficient (Wildman–Crippen LogP) is 1.46. The Kier molecular flexibility index (Phi) is 5.08. The number of carboxylic acid groups (broad SMARTS) is 1. The van der Waals surface area contributed by atoms with Crippen LogP contribution in [0.5, 0.6) is 0 Å². The molecular formula is C15H26N2O4. The Labute approximate surface area is 125 Å². The van der Waals surface area contributed by atoms with E-state index in [4.69, 9.17) is 4.74 Å². The molecule has 0 aromatic heterocycles. The molecule has 3 N–H and O–H groups in total. The van der Waals surface area contributed by atoms with E-state index in [1.165, 1.54) is 0 Å². The zero-order chi connectivity index (χ0) is 15.6. The smallest absolute Gasteiger partial charge is 0.315 e. The summed E-state index contributed by atoms with van der Waals surface area (Å²) in [4.78, 5) is 23.6. The minimum Gasteiger partial charge on any atom is -0.481 e. The number of methoxy groups -OCH3 is 1. The maximum Gasteiger partial charge on any atom is 0.315 e. The summed E-state index contributed by atoms with van der Waals surface area (Å²) < 4.78 is 5.11. The summed E-state index contributed by atoms with van der Waals surface area (Å²) in [5, 5.41) is 15.2. The third-order valence-electron chi connectivity index (χ3n) is 4.97. The van der Waals surface area contributed by atoms with Crippen molar-refractivity contribution in [2.45, 2.75) is 45.2 Å². The first-order chi connectivity index (χ1) is 9.93. The molecule has 5 atom stereocenters. The number of fused-ring (bicyclic) bond motifs is 2. The van der Waals surface area contributed by atoms with Gasteiger partial charge in [0.2, 0.25) is 0 Å². The number of amides is 2. The van der Waals surface area contributed by atoms with Crippen molar-refractivity contribution >= 4 is 12.0 Å². The minimum absolute atomic E-state index is 0.0723.